The Hall–Kier alpha value is -1.50. The molecule has 1 saturated carbocycles. The molecule has 0 unspecified atom stereocenters. The number of halogens is 1. The summed E-state index contributed by atoms with van der Waals surface area (Å²) in [6.45, 7) is 0. The fourth-order valence-electron chi connectivity index (χ4n) is 1.73. The second-order valence-corrected chi connectivity index (χ2v) is 6.93. The molecule has 0 bridgehead atoms. The first-order valence-electron chi connectivity index (χ1n) is 6.87. The minimum atomic E-state index is -1.20. The molecule has 0 atom stereocenters. The maximum atomic E-state index is 6.31. The highest BCUT2D eigenvalue weighted by Crippen LogP contribution is 2.48. The van der Waals surface area contributed by atoms with Gasteiger partial charge in [0.1, 0.15) is 11.5 Å². The molecule has 1 aliphatic rings. The summed E-state index contributed by atoms with van der Waals surface area (Å²) >= 11 is 6.31. The summed E-state index contributed by atoms with van der Waals surface area (Å²) in [5, 5.41) is 0. The van der Waals surface area contributed by atoms with E-state index in [-0.39, 0.29) is 4.87 Å². The lowest BCUT2D eigenvalue weighted by Gasteiger charge is -2.16. The summed E-state index contributed by atoms with van der Waals surface area (Å²) in [5.74, 6) is 3.54. The van der Waals surface area contributed by atoms with Crippen LogP contribution < -0.4 is 9.05 Å². The Morgan fingerprint density at radius 2 is 1.33 bits per heavy atom. The molecular formula is C17H16ClO2P. The first-order valence-corrected chi connectivity index (χ1v) is 8.50. The van der Waals surface area contributed by atoms with E-state index in [1.165, 1.54) is 0 Å². The quantitative estimate of drug-likeness (QED) is 0.499. The van der Waals surface area contributed by atoms with Crippen molar-refractivity contribution in [1.29, 1.82) is 0 Å². The lowest BCUT2D eigenvalue weighted by atomic mass is 10.3. The van der Waals surface area contributed by atoms with Crippen LogP contribution in [0, 0.1) is 0 Å². The second kappa shape index (κ2) is 6.51. The zero-order valence-electron chi connectivity index (χ0n) is 11.5. The monoisotopic (exact) mass is 318 g/mol. The molecule has 2 nitrogen and oxygen atoms in total. The largest absolute Gasteiger partial charge is 0.436 e. The SMILES string of the molecule is ClC1(C=CP(Oc2ccccc2)Oc2ccccc2)CC1. The lowest BCUT2D eigenvalue weighted by molar-refractivity contribution is 0.500. The molecule has 3 rings (SSSR count). The Kier molecular flexibility index (Phi) is 4.48. The van der Waals surface area contributed by atoms with Crippen LogP contribution in [0.3, 0.4) is 0 Å². The van der Waals surface area contributed by atoms with Crippen molar-refractivity contribution < 1.29 is 9.05 Å². The molecule has 1 aliphatic carbocycles. The molecule has 108 valence electrons. The second-order valence-electron chi connectivity index (χ2n) is 4.94. The fraction of sp³-hybridized carbons (Fsp3) is 0.176. The molecule has 0 N–H and O–H groups in total. The average Bonchev–Trinajstić information content (AvgIpc) is 3.25. The van der Waals surface area contributed by atoms with Gasteiger partial charge in [-0.1, -0.05) is 42.5 Å². The van der Waals surface area contributed by atoms with Crippen LogP contribution in [-0.4, -0.2) is 4.87 Å². The highest BCUT2D eigenvalue weighted by molar-refractivity contribution is 7.51. The number of hydrogen-bond donors (Lipinski definition) is 0. The normalized spacial score (nSPS) is 16.1. The standard InChI is InChI=1S/C17H16ClO2P/c18-17(11-12-17)13-14-21(19-15-7-3-1-4-8-15)20-16-9-5-2-6-10-16/h1-10,13-14H,11-12H2. The van der Waals surface area contributed by atoms with Gasteiger partial charge in [0.15, 0.2) is 0 Å². The van der Waals surface area contributed by atoms with Gasteiger partial charge in [-0.3, -0.25) is 0 Å². The Morgan fingerprint density at radius 1 is 0.857 bits per heavy atom. The predicted octanol–water partition coefficient (Wildman–Crippen LogP) is 5.74. The highest BCUT2D eigenvalue weighted by Gasteiger charge is 2.38. The van der Waals surface area contributed by atoms with Crippen molar-refractivity contribution in [3.63, 3.8) is 0 Å². The van der Waals surface area contributed by atoms with Gasteiger partial charge in [-0.25, -0.2) is 0 Å². The van der Waals surface area contributed by atoms with E-state index >= 15 is 0 Å². The fourth-order valence-corrected chi connectivity index (χ4v) is 3.20. The van der Waals surface area contributed by atoms with Crippen LogP contribution >= 0.6 is 20.0 Å². The third-order valence-electron chi connectivity index (χ3n) is 3.10. The van der Waals surface area contributed by atoms with Crippen LogP contribution in [0.15, 0.2) is 72.6 Å². The van der Waals surface area contributed by atoms with Crippen LogP contribution in [0.5, 0.6) is 11.5 Å². The minimum absolute atomic E-state index is 0.180. The van der Waals surface area contributed by atoms with Crippen molar-refractivity contribution in [3.05, 3.63) is 72.6 Å². The van der Waals surface area contributed by atoms with Crippen LogP contribution in [0.25, 0.3) is 0 Å². The Balaban J connectivity index is 1.72. The van der Waals surface area contributed by atoms with Gasteiger partial charge in [0.05, 0.1) is 4.87 Å². The van der Waals surface area contributed by atoms with Crippen LogP contribution in [0.4, 0.5) is 0 Å². The molecule has 0 spiro atoms. The van der Waals surface area contributed by atoms with Crippen molar-refractivity contribution in [2.75, 3.05) is 0 Å². The van der Waals surface area contributed by atoms with E-state index in [0.717, 1.165) is 24.3 Å². The van der Waals surface area contributed by atoms with E-state index in [0.29, 0.717) is 0 Å². The smallest absolute Gasteiger partial charge is 0.317 e. The van der Waals surface area contributed by atoms with Crippen molar-refractivity contribution in [3.8, 4) is 11.5 Å². The third kappa shape index (κ3) is 4.49. The predicted molar refractivity (Wildman–Crippen MR) is 88.0 cm³/mol. The van der Waals surface area contributed by atoms with Crippen molar-refractivity contribution >= 4 is 20.0 Å². The molecular weight excluding hydrogens is 303 g/mol. The summed E-state index contributed by atoms with van der Waals surface area (Å²) in [4.78, 5) is -0.180. The highest BCUT2D eigenvalue weighted by atomic mass is 35.5. The molecule has 0 aromatic heterocycles. The van der Waals surface area contributed by atoms with Crippen LogP contribution in [0.2, 0.25) is 0 Å². The van der Waals surface area contributed by atoms with Gasteiger partial charge in [-0.2, -0.15) is 0 Å². The van der Waals surface area contributed by atoms with E-state index in [9.17, 15) is 0 Å². The van der Waals surface area contributed by atoms with E-state index in [2.05, 4.69) is 0 Å². The van der Waals surface area contributed by atoms with Crippen molar-refractivity contribution in [2.24, 2.45) is 0 Å². The number of para-hydroxylation sites is 2. The van der Waals surface area contributed by atoms with Gasteiger partial charge >= 0.3 is 8.38 Å². The van der Waals surface area contributed by atoms with Gasteiger partial charge in [-0.15, -0.1) is 11.6 Å². The minimum Gasteiger partial charge on any atom is -0.436 e. The molecule has 0 heterocycles. The first kappa shape index (κ1) is 14.4. The molecule has 1 fully saturated rings. The van der Waals surface area contributed by atoms with Gasteiger partial charge in [0, 0.05) is 5.82 Å². The Morgan fingerprint density at radius 3 is 1.76 bits per heavy atom. The summed E-state index contributed by atoms with van der Waals surface area (Å²) in [5.41, 5.74) is 0. The third-order valence-corrected chi connectivity index (χ3v) is 4.78. The summed E-state index contributed by atoms with van der Waals surface area (Å²) in [7, 11) is -1.20. The molecule has 2 aromatic rings. The first-order chi connectivity index (χ1) is 10.2. The maximum Gasteiger partial charge on any atom is 0.317 e. The van der Waals surface area contributed by atoms with Crippen molar-refractivity contribution in [1.82, 2.24) is 0 Å². The molecule has 0 amide bonds. The van der Waals surface area contributed by atoms with E-state index < -0.39 is 8.38 Å². The van der Waals surface area contributed by atoms with E-state index in [1.807, 2.05) is 72.6 Å². The van der Waals surface area contributed by atoms with E-state index in [1.54, 1.807) is 0 Å². The number of rotatable bonds is 6. The number of benzene rings is 2. The average molecular weight is 319 g/mol. The molecule has 0 aliphatic heterocycles. The number of alkyl halides is 1. The summed E-state index contributed by atoms with van der Waals surface area (Å²) in [6, 6.07) is 19.4. The van der Waals surface area contributed by atoms with E-state index in [4.69, 9.17) is 20.6 Å². The Labute approximate surface area is 131 Å². The lowest BCUT2D eigenvalue weighted by Crippen LogP contribution is -1.95. The van der Waals surface area contributed by atoms with Crippen LogP contribution in [0.1, 0.15) is 12.8 Å². The molecule has 4 heteroatoms. The van der Waals surface area contributed by atoms with Gasteiger partial charge in [0.2, 0.25) is 0 Å². The zero-order chi connectivity index (χ0) is 14.5. The topological polar surface area (TPSA) is 18.5 Å². The summed E-state index contributed by atoms with van der Waals surface area (Å²) < 4.78 is 11.9. The molecule has 0 radical (unpaired) electrons. The van der Waals surface area contributed by atoms with Gasteiger partial charge < -0.3 is 9.05 Å². The number of allylic oxidation sites excluding steroid dienone is 1. The maximum absolute atomic E-state index is 6.31. The van der Waals surface area contributed by atoms with Gasteiger partial charge in [0.25, 0.3) is 0 Å². The summed E-state index contributed by atoms with van der Waals surface area (Å²) in [6.07, 6.45) is 4.04. The van der Waals surface area contributed by atoms with Gasteiger partial charge in [-0.05, 0) is 37.1 Å². The Bertz CT molecular complexity index is 555. The molecule has 21 heavy (non-hydrogen) atoms. The molecule has 2 aromatic carbocycles. The number of hydrogen-bond acceptors (Lipinski definition) is 2. The van der Waals surface area contributed by atoms with Crippen molar-refractivity contribution in [2.45, 2.75) is 17.7 Å². The van der Waals surface area contributed by atoms with Crippen LogP contribution in [-0.2, 0) is 0 Å². The molecule has 0 saturated heterocycles. The zero-order valence-corrected chi connectivity index (χ0v) is 13.1.